The van der Waals surface area contributed by atoms with Gasteiger partial charge in [-0.05, 0) is 121 Å². The molecule has 3 aromatic heterocycles. The molecule has 0 spiro atoms. The van der Waals surface area contributed by atoms with Crippen LogP contribution in [0.15, 0.2) is 169 Å². The van der Waals surface area contributed by atoms with Crippen LogP contribution in [0.2, 0.25) is 10.0 Å². The summed E-state index contributed by atoms with van der Waals surface area (Å²) in [5.74, 6) is -0.196. The van der Waals surface area contributed by atoms with Gasteiger partial charge in [-0.25, -0.2) is 12.7 Å². The molecule has 0 unspecified atom stereocenters. The number of hydrogen-bond acceptors (Lipinski definition) is 14. The number of nitrogens with zero attached hydrogens (tertiary/aromatic N) is 11. The van der Waals surface area contributed by atoms with Crippen molar-refractivity contribution >= 4 is 96.7 Å². The normalized spacial score (nSPS) is 14.7. The summed E-state index contributed by atoms with van der Waals surface area (Å²) in [4.78, 5) is 51.1. The maximum absolute atomic E-state index is 12.9. The highest BCUT2D eigenvalue weighted by atomic mass is 35.5. The number of halogens is 2. The number of sulfonamides is 1. The zero-order valence-corrected chi connectivity index (χ0v) is 45.7. The number of piperazine rings is 3. The highest BCUT2D eigenvalue weighted by Crippen LogP contribution is 2.31. The molecule has 7 aromatic rings. The summed E-state index contributed by atoms with van der Waals surface area (Å²) in [7, 11) is -0.776. The topological polar surface area (TPSA) is 171 Å². The molecular weight excluding hydrogens is 1030 g/mol. The number of carbonyl (C=O) groups excluding carboxylic acids is 2. The van der Waals surface area contributed by atoms with Crippen molar-refractivity contribution in [1.82, 2.24) is 19.3 Å². The number of pyridine rings is 3. The Morgan fingerprint density at radius 3 is 1.27 bits per heavy atom. The van der Waals surface area contributed by atoms with E-state index in [0.29, 0.717) is 6.41 Å². The third-order valence-corrected chi connectivity index (χ3v) is 16.7. The van der Waals surface area contributed by atoms with Crippen LogP contribution in [0.3, 0.4) is 0 Å². The summed E-state index contributed by atoms with van der Waals surface area (Å²) in [6.07, 6.45) is 11.7. The van der Waals surface area contributed by atoms with Crippen molar-refractivity contribution in [2.75, 3.05) is 145 Å². The summed E-state index contributed by atoms with van der Waals surface area (Å²) in [6.45, 7) is 11.8. The molecule has 6 heterocycles. The van der Waals surface area contributed by atoms with Crippen LogP contribution in [-0.4, -0.2) is 139 Å². The molecule has 0 saturated carbocycles. The molecule has 20 heteroatoms. The van der Waals surface area contributed by atoms with E-state index >= 15 is 0 Å². The maximum atomic E-state index is 12.9. The van der Waals surface area contributed by atoms with E-state index in [1.165, 1.54) is 58.6 Å². The molecule has 4 aromatic carbocycles. The average Bonchev–Trinajstić information content (AvgIpc) is 3.49. The first kappa shape index (κ1) is 55.6. The van der Waals surface area contributed by atoms with Crippen LogP contribution >= 0.6 is 23.2 Å². The number of hydrogen-bond donors (Lipinski definition) is 2. The lowest BCUT2D eigenvalue weighted by molar-refractivity contribution is -0.118. The number of carbonyl (C=O) groups is 2. The van der Waals surface area contributed by atoms with E-state index < -0.39 is 10.0 Å². The molecule has 3 fully saturated rings. The van der Waals surface area contributed by atoms with Crippen molar-refractivity contribution in [2.45, 2.75) is 11.3 Å². The molecule has 17 nitrogen and oxygen atoms in total. The standard InChI is InChI=1S/C26H29Cl2N5O3S.C16H18N4O.C15H18N4/c1-30(37(35,36)24-5-3-4-23(27)26(24)28)15-12-25(34)31(2)20-6-8-21(9-7-20)32-16-18-33(19-17-32)22-10-13-29-14-11-22;21-13-18-14-1-3-15(4-2-14)19-9-11-20(12-10-19)16-5-7-17-8-6-16;16-13-1-3-14(4-2-13)18-9-11-19(12-10-18)15-5-7-17-8-6-15/h3-11,13-14H,12,15-19H2,1-2H3;1-8,13H,9-12H2,(H,18,21);1-8H,9-12,16H2. The van der Waals surface area contributed by atoms with Gasteiger partial charge in [0.2, 0.25) is 22.3 Å². The summed E-state index contributed by atoms with van der Waals surface area (Å²) in [5, 5.41) is 2.78. The largest absolute Gasteiger partial charge is 0.399 e. The number of nitrogens with one attached hydrogen (secondary N) is 1. The molecule has 3 saturated heterocycles. The summed E-state index contributed by atoms with van der Waals surface area (Å²) < 4.78 is 26.9. The fraction of sp³-hybridized carbons (Fsp3) is 0.281. The zero-order valence-electron chi connectivity index (χ0n) is 43.4. The SMILES string of the molecule is CN(C(=O)CCN(C)S(=O)(=O)c1cccc(Cl)c1Cl)c1ccc(N2CCN(c3ccncc3)CC2)cc1.Nc1ccc(N2CCN(c3ccncc3)CC2)cc1.O=CNc1ccc(N2CCN(c3ccncc3)CC2)cc1. The van der Waals surface area contributed by atoms with Gasteiger partial charge in [0.15, 0.2) is 0 Å². The number of rotatable bonds is 14. The number of nitrogens with two attached hydrogens (primary N) is 1. The second-order valence-corrected chi connectivity index (χ2v) is 21.3. The Bertz CT molecular complexity index is 3060. The Morgan fingerprint density at radius 1 is 0.545 bits per heavy atom. The lowest BCUT2D eigenvalue weighted by Gasteiger charge is -2.37. The van der Waals surface area contributed by atoms with Crippen LogP contribution in [0.1, 0.15) is 6.42 Å². The third-order valence-electron chi connectivity index (χ3n) is 13.9. The van der Waals surface area contributed by atoms with E-state index in [0.717, 1.165) is 106 Å². The van der Waals surface area contributed by atoms with Crippen LogP contribution in [0.5, 0.6) is 0 Å². The molecular formula is C57H65Cl2N13O4S. The van der Waals surface area contributed by atoms with E-state index in [9.17, 15) is 18.0 Å². The van der Waals surface area contributed by atoms with Crippen molar-refractivity contribution in [2.24, 2.45) is 0 Å². The fourth-order valence-electron chi connectivity index (χ4n) is 9.28. The van der Waals surface area contributed by atoms with Gasteiger partial charge in [-0.15, -0.1) is 0 Å². The number of benzene rings is 4. The minimum Gasteiger partial charge on any atom is -0.399 e. The summed E-state index contributed by atoms with van der Waals surface area (Å²) >= 11 is 12.1. The maximum Gasteiger partial charge on any atom is 0.244 e. The van der Waals surface area contributed by atoms with Gasteiger partial charge in [0.1, 0.15) is 4.90 Å². The van der Waals surface area contributed by atoms with Gasteiger partial charge in [0.25, 0.3) is 0 Å². The highest BCUT2D eigenvalue weighted by molar-refractivity contribution is 7.89. The van der Waals surface area contributed by atoms with Crippen LogP contribution < -0.4 is 45.3 Å². The smallest absolute Gasteiger partial charge is 0.244 e. The molecule has 10 rings (SSSR count). The quantitative estimate of drug-likeness (QED) is 0.0787. The summed E-state index contributed by atoms with van der Waals surface area (Å²) in [5.41, 5.74) is 15.3. The molecule has 402 valence electrons. The molecule has 77 heavy (non-hydrogen) atoms. The van der Waals surface area contributed by atoms with Crippen LogP contribution in [-0.2, 0) is 19.6 Å². The zero-order chi connectivity index (χ0) is 54.2. The van der Waals surface area contributed by atoms with Crippen molar-refractivity contribution < 1.29 is 18.0 Å². The Balaban J connectivity index is 0.000000165. The first-order valence-electron chi connectivity index (χ1n) is 25.5. The lowest BCUT2D eigenvalue weighted by atomic mass is 10.2. The van der Waals surface area contributed by atoms with Gasteiger partial charge < -0.3 is 45.3 Å². The molecule has 3 aliphatic heterocycles. The average molecular weight is 1100 g/mol. The van der Waals surface area contributed by atoms with Crippen molar-refractivity contribution in [3.8, 4) is 0 Å². The Hall–Kier alpha value is -7.64. The summed E-state index contributed by atoms with van der Waals surface area (Å²) in [6, 6.07) is 40.7. The molecule has 0 radical (unpaired) electrons. The van der Waals surface area contributed by atoms with Gasteiger partial charge >= 0.3 is 0 Å². The second-order valence-electron chi connectivity index (χ2n) is 18.5. The monoisotopic (exact) mass is 1100 g/mol. The molecule has 3 N–H and O–H groups in total. The molecule has 0 aliphatic carbocycles. The Kier molecular flexibility index (Phi) is 19.4. The molecule has 0 bridgehead atoms. The Morgan fingerprint density at radius 2 is 0.896 bits per heavy atom. The van der Waals surface area contributed by atoms with Gasteiger partial charge in [-0.1, -0.05) is 29.3 Å². The fourth-order valence-corrected chi connectivity index (χ4v) is 11.2. The predicted octanol–water partition coefficient (Wildman–Crippen LogP) is 8.36. The van der Waals surface area contributed by atoms with Crippen LogP contribution in [0, 0.1) is 0 Å². The van der Waals surface area contributed by atoms with Crippen molar-refractivity contribution in [1.29, 1.82) is 0 Å². The van der Waals surface area contributed by atoms with E-state index in [2.05, 4.69) is 86.1 Å². The third kappa shape index (κ3) is 14.9. The van der Waals surface area contributed by atoms with E-state index in [1.807, 2.05) is 110 Å². The minimum absolute atomic E-state index is 0.00812. The number of anilines is 9. The predicted molar refractivity (Wildman–Crippen MR) is 314 cm³/mol. The van der Waals surface area contributed by atoms with Crippen LogP contribution in [0.25, 0.3) is 0 Å². The first-order valence-corrected chi connectivity index (χ1v) is 27.7. The van der Waals surface area contributed by atoms with E-state index in [1.54, 1.807) is 7.05 Å². The van der Waals surface area contributed by atoms with Crippen molar-refractivity contribution in [3.63, 3.8) is 0 Å². The highest BCUT2D eigenvalue weighted by Gasteiger charge is 2.26. The van der Waals surface area contributed by atoms with Crippen LogP contribution in [0.4, 0.5) is 51.2 Å². The minimum atomic E-state index is -3.88. The van der Waals surface area contributed by atoms with E-state index in [-0.39, 0.29) is 33.8 Å². The van der Waals surface area contributed by atoms with Crippen molar-refractivity contribution in [3.05, 3.63) is 175 Å². The first-order chi connectivity index (χ1) is 37.4. The molecule has 3 aliphatic rings. The lowest BCUT2D eigenvalue weighted by Crippen LogP contribution is -2.46. The second kappa shape index (κ2) is 26.9. The number of aromatic nitrogens is 3. The van der Waals surface area contributed by atoms with Gasteiger partial charge in [-0.3, -0.25) is 24.5 Å². The van der Waals surface area contributed by atoms with Gasteiger partial charge in [0, 0.05) is 194 Å². The number of nitrogen functional groups attached to an aromatic ring is 1. The molecule has 2 amide bonds. The number of amides is 2. The van der Waals surface area contributed by atoms with E-state index in [4.69, 9.17) is 28.9 Å². The Labute approximate surface area is 462 Å². The molecule has 0 atom stereocenters. The van der Waals surface area contributed by atoms with Gasteiger partial charge in [0.05, 0.1) is 10.0 Å². The van der Waals surface area contributed by atoms with Gasteiger partial charge in [-0.2, -0.15) is 0 Å².